The zero-order chi connectivity index (χ0) is 26.1. The number of methoxy groups -OCH3 is 1. The number of carbonyl (C=O) groups excluding carboxylic acids is 3. The van der Waals surface area contributed by atoms with Crippen molar-refractivity contribution in [3.63, 3.8) is 0 Å². The lowest BCUT2D eigenvalue weighted by Crippen LogP contribution is -2.42. The van der Waals surface area contributed by atoms with E-state index in [1.54, 1.807) is 36.4 Å². The molecule has 2 aromatic rings. The molecule has 194 valence electrons. The Balaban J connectivity index is 1.53. The summed E-state index contributed by atoms with van der Waals surface area (Å²) in [7, 11) is 1.30. The molecule has 3 aliphatic rings. The van der Waals surface area contributed by atoms with Crippen molar-refractivity contribution in [1.82, 2.24) is 9.80 Å². The molecular weight excluding hydrogens is 476 g/mol. The highest BCUT2D eigenvalue weighted by Crippen LogP contribution is 2.40. The van der Waals surface area contributed by atoms with Gasteiger partial charge in [0.05, 0.1) is 37.5 Å². The van der Waals surface area contributed by atoms with Crippen LogP contribution in [0, 0.1) is 0 Å². The molecule has 3 heterocycles. The van der Waals surface area contributed by atoms with E-state index in [1.165, 1.54) is 12.0 Å². The first-order valence-electron chi connectivity index (χ1n) is 12.4. The lowest BCUT2D eigenvalue weighted by molar-refractivity contribution is -0.140. The van der Waals surface area contributed by atoms with Crippen molar-refractivity contribution in [2.24, 2.45) is 0 Å². The van der Waals surface area contributed by atoms with Gasteiger partial charge in [-0.3, -0.25) is 14.5 Å². The third-order valence-electron chi connectivity index (χ3n) is 7.12. The van der Waals surface area contributed by atoms with Crippen LogP contribution in [0.15, 0.2) is 48.0 Å². The van der Waals surface area contributed by atoms with E-state index in [0.717, 1.165) is 24.4 Å². The predicted molar refractivity (Wildman–Crippen MR) is 134 cm³/mol. The number of aliphatic hydroxyl groups excluding tert-OH is 1. The van der Waals surface area contributed by atoms with Gasteiger partial charge in [-0.25, -0.2) is 4.79 Å². The zero-order valence-corrected chi connectivity index (χ0v) is 20.9. The van der Waals surface area contributed by atoms with E-state index in [2.05, 4.69) is 4.90 Å². The highest BCUT2D eigenvalue weighted by atomic mass is 16.5. The minimum absolute atomic E-state index is 0.0321. The highest BCUT2D eigenvalue weighted by molar-refractivity contribution is 6.46. The van der Waals surface area contributed by atoms with Gasteiger partial charge in [0.25, 0.3) is 11.7 Å². The smallest absolute Gasteiger partial charge is 0.337 e. The van der Waals surface area contributed by atoms with Gasteiger partial charge in [-0.05, 0) is 48.4 Å². The van der Waals surface area contributed by atoms with Crippen molar-refractivity contribution in [2.75, 3.05) is 46.5 Å². The maximum absolute atomic E-state index is 13.3. The number of hydrogen-bond acceptors (Lipinski definition) is 8. The maximum atomic E-state index is 13.3. The fourth-order valence-corrected chi connectivity index (χ4v) is 5.18. The zero-order valence-electron chi connectivity index (χ0n) is 20.9. The number of Topliss-reactive ketones (excluding diaryl/α,β-unsaturated/α-hetero) is 1. The number of ketones is 1. The molecule has 9 nitrogen and oxygen atoms in total. The molecule has 0 saturated carbocycles. The maximum Gasteiger partial charge on any atom is 0.337 e. The summed E-state index contributed by atoms with van der Waals surface area (Å²) in [5.74, 6) is -1.34. The van der Waals surface area contributed by atoms with Gasteiger partial charge in [0.15, 0.2) is 0 Å². The number of aliphatic hydroxyl groups is 1. The Bertz CT molecular complexity index is 1250. The average molecular weight is 507 g/mol. The van der Waals surface area contributed by atoms with Crippen molar-refractivity contribution < 1.29 is 33.7 Å². The van der Waals surface area contributed by atoms with Crippen molar-refractivity contribution in [3.05, 3.63) is 70.3 Å². The highest BCUT2D eigenvalue weighted by Gasteiger charge is 2.46. The Hall–Kier alpha value is -3.69. The summed E-state index contributed by atoms with van der Waals surface area (Å²) in [5.41, 5.74) is 2.40. The molecule has 1 amide bonds. The predicted octanol–water partition coefficient (Wildman–Crippen LogP) is 2.55. The number of esters is 1. The molecule has 1 N–H and O–H groups in total. The molecule has 0 bridgehead atoms. The van der Waals surface area contributed by atoms with Crippen LogP contribution in [0.2, 0.25) is 0 Å². The van der Waals surface area contributed by atoms with Gasteiger partial charge in [0.1, 0.15) is 17.6 Å². The molecule has 3 aliphatic heterocycles. The second-order valence-electron chi connectivity index (χ2n) is 9.52. The molecule has 5 rings (SSSR count). The number of hydrogen-bond donors (Lipinski definition) is 1. The molecule has 2 unspecified atom stereocenters. The lowest BCUT2D eigenvalue weighted by atomic mass is 9.94. The van der Waals surface area contributed by atoms with E-state index in [-0.39, 0.29) is 17.4 Å². The van der Waals surface area contributed by atoms with E-state index in [4.69, 9.17) is 14.2 Å². The standard InChI is InChI=1S/C28H30N2O7/c1-17-15-21-16-20(7-8-22(21)37-17)25(31)23-24(18-3-5-19(6-4-18)28(34)35-2)30(27(33)26(23)32)10-9-29-11-13-36-14-12-29/h3-8,16-17,24,31H,9-15H2,1-2H3/b25-23+. The SMILES string of the molecule is COC(=O)c1ccc(C2/C(=C(\O)c3ccc4c(c3)CC(C)O4)C(=O)C(=O)N2CCN2CCOCC2)cc1. The Morgan fingerprint density at radius 3 is 2.46 bits per heavy atom. The average Bonchev–Trinajstić information content (AvgIpc) is 3.42. The van der Waals surface area contributed by atoms with Crippen molar-refractivity contribution >= 4 is 23.4 Å². The molecule has 2 atom stereocenters. The molecule has 0 spiro atoms. The Morgan fingerprint density at radius 2 is 1.76 bits per heavy atom. The fourth-order valence-electron chi connectivity index (χ4n) is 5.18. The van der Waals surface area contributed by atoms with E-state index < -0.39 is 23.7 Å². The molecule has 0 aromatic heterocycles. The van der Waals surface area contributed by atoms with Crippen molar-refractivity contribution in [1.29, 1.82) is 0 Å². The van der Waals surface area contributed by atoms with Gasteiger partial charge >= 0.3 is 5.97 Å². The number of carbonyl (C=O) groups is 3. The number of morpholine rings is 1. The van der Waals surface area contributed by atoms with Gasteiger partial charge in [-0.2, -0.15) is 0 Å². The van der Waals surface area contributed by atoms with Crippen LogP contribution < -0.4 is 4.74 Å². The first kappa shape index (κ1) is 25.0. The topological polar surface area (TPSA) is 106 Å². The summed E-state index contributed by atoms with van der Waals surface area (Å²) < 4.78 is 16.0. The lowest BCUT2D eigenvalue weighted by Gasteiger charge is -2.31. The molecule has 2 aromatic carbocycles. The number of amides is 1. The van der Waals surface area contributed by atoms with Crippen molar-refractivity contribution in [3.8, 4) is 5.75 Å². The molecule has 37 heavy (non-hydrogen) atoms. The summed E-state index contributed by atoms with van der Waals surface area (Å²) in [4.78, 5) is 42.2. The summed E-state index contributed by atoms with van der Waals surface area (Å²) in [6, 6.07) is 11.1. The summed E-state index contributed by atoms with van der Waals surface area (Å²) in [6.07, 6.45) is 0.731. The minimum atomic E-state index is -0.795. The Labute approximate surface area is 215 Å². The summed E-state index contributed by atoms with van der Waals surface area (Å²) in [6.45, 7) is 5.59. The number of benzene rings is 2. The molecule has 9 heteroatoms. The van der Waals surface area contributed by atoms with Gasteiger partial charge in [-0.15, -0.1) is 0 Å². The first-order chi connectivity index (χ1) is 17.9. The number of rotatable bonds is 6. The number of ether oxygens (including phenoxy) is 3. The van der Waals surface area contributed by atoms with E-state index >= 15 is 0 Å². The molecule has 0 aliphatic carbocycles. The normalized spacial score (nSPS) is 23.1. The third kappa shape index (κ3) is 4.84. The van der Waals surface area contributed by atoms with Crippen molar-refractivity contribution in [2.45, 2.75) is 25.5 Å². The van der Waals surface area contributed by atoms with Crippen LogP contribution in [-0.2, 0) is 25.5 Å². The van der Waals surface area contributed by atoms with Gasteiger partial charge < -0.3 is 24.2 Å². The number of fused-ring (bicyclic) bond motifs is 1. The fraction of sp³-hybridized carbons (Fsp3) is 0.393. The van der Waals surface area contributed by atoms with E-state index in [0.29, 0.717) is 49.4 Å². The summed E-state index contributed by atoms with van der Waals surface area (Å²) in [5, 5.41) is 11.4. The number of likely N-dealkylation sites (tertiary alicyclic amines) is 1. The molecule has 2 fully saturated rings. The van der Waals surface area contributed by atoms with Crippen LogP contribution >= 0.6 is 0 Å². The second-order valence-corrected chi connectivity index (χ2v) is 9.52. The summed E-state index contributed by atoms with van der Waals surface area (Å²) >= 11 is 0. The molecule has 0 radical (unpaired) electrons. The van der Waals surface area contributed by atoms with Crippen LogP contribution in [0.3, 0.4) is 0 Å². The second kappa shape index (κ2) is 10.4. The van der Waals surface area contributed by atoms with Gasteiger partial charge in [0.2, 0.25) is 0 Å². The Morgan fingerprint density at radius 1 is 1.05 bits per heavy atom. The van der Waals surface area contributed by atoms with Gasteiger partial charge in [0, 0.05) is 38.2 Å². The first-order valence-corrected chi connectivity index (χ1v) is 12.4. The van der Waals surface area contributed by atoms with Crippen LogP contribution in [0.5, 0.6) is 5.75 Å². The van der Waals surface area contributed by atoms with E-state index in [1.807, 2.05) is 13.0 Å². The minimum Gasteiger partial charge on any atom is -0.507 e. The van der Waals surface area contributed by atoms with E-state index in [9.17, 15) is 19.5 Å². The molecular formula is C28H30N2O7. The largest absolute Gasteiger partial charge is 0.507 e. The third-order valence-corrected chi connectivity index (χ3v) is 7.12. The quantitative estimate of drug-likeness (QED) is 0.276. The Kier molecular flexibility index (Phi) is 6.99. The van der Waals surface area contributed by atoms with Gasteiger partial charge in [-0.1, -0.05) is 12.1 Å². The molecule has 2 saturated heterocycles. The monoisotopic (exact) mass is 506 g/mol. The van der Waals surface area contributed by atoms with Crippen LogP contribution in [0.1, 0.15) is 40.0 Å². The van der Waals surface area contributed by atoms with Crippen LogP contribution in [-0.4, -0.2) is 85.2 Å². The number of nitrogens with zero attached hydrogens (tertiary/aromatic N) is 2. The van der Waals surface area contributed by atoms with Crippen LogP contribution in [0.25, 0.3) is 5.76 Å². The van der Waals surface area contributed by atoms with Crippen LogP contribution in [0.4, 0.5) is 0 Å².